The monoisotopic (exact) mass is 166 g/mol. The molecule has 3 nitrogen and oxygen atoms in total. The zero-order chi connectivity index (χ0) is 8.81. The minimum atomic E-state index is 0.204. The van der Waals surface area contributed by atoms with Crippen molar-refractivity contribution in [3.63, 3.8) is 0 Å². The molecule has 1 amide bonds. The molecule has 0 aliphatic carbocycles. The summed E-state index contributed by atoms with van der Waals surface area (Å²) in [5.41, 5.74) is 0. The first-order valence-electron chi connectivity index (χ1n) is 4.12. The average Bonchev–Trinajstić information content (AvgIpc) is 2.63. The van der Waals surface area contributed by atoms with Crippen LogP contribution in [0.15, 0.2) is 24.5 Å². The van der Waals surface area contributed by atoms with Gasteiger partial charge in [0.05, 0.1) is 0 Å². The lowest BCUT2D eigenvalue weighted by atomic mass is 10.4. The van der Waals surface area contributed by atoms with Crippen LogP contribution >= 0.6 is 0 Å². The van der Waals surface area contributed by atoms with Crippen molar-refractivity contribution in [2.24, 2.45) is 7.05 Å². The zero-order valence-corrected chi connectivity index (χ0v) is 7.29. The third kappa shape index (κ3) is 3.23. The number of nitrogens with one attached hydrogen (secondary N) is 1. The predicted octanol–water partition coefficient (Wildman–Crippen LogP) is 0.921. The van der Waals surface area contributed by atoms with Gasteiger partial charge in [-0.25, -0.2) is 0 Å². The second-order valence-corrected chi connectivity index (χ2v) is 2.80. The molecule has 1 aliphatic rings. The number of rotatable bonds is 0. The second-order valence-electron chi connectivity index (χ2n) is 2.80. The van der Waals surface area contributed by atoms with Crippen molar-refractivity contribution in [2.45, 2.75) is 12.8 Å². The Morgan fingerprint density at radius 2 is 2.08 bits per heavy atom. The third-order valence-corrected chi connectivity index (χ3v) is 1.66. The molecule has 1 aliphatic heterocycles. The highest BCUT2D eigenvalue weighted by Gasteiger charge is 2.05. The van der Waals surface area contributed by atoms with Gasteiger partial charge < -0.3 is 9.88 Å². The Hall–Kier alpha value is -1.25. The number of aryl methyl sites for hydroxylation is 1. The van der Waals surface area contributed by atoms with E-state index in [1.165, 1.54) is 0 Å². The van der Waals surface area contributed by atoms with Crippen LogP contribution in [0.3, 0.4) is 0 Å². The van der Waals surface area contributed by atoms with Crippen molar-refractivity contribution in [3.05, 3.63) is 24.5 Å². The van der Waals surface area contributed by atoms with Gasteiger partial charge in [0.25, 0.3) is 0 Å². The quantitative estimate of drug-likeness (QED) is 0.611. The van der Waals surface area contributed by atoms with Crippen molar-refractivity contribution in [1.82, 2.24) is 9.88 Å². The summed E-state index contributed by atoms with van der Waals surface area (Å²) in [4.78, 5) is 10.1. The van der Waals surface area contributed by atoms with Crippen LogP contribution in [0.1, 0.15) is 12.8 Å². The zero-order valence-electron chi connectivity index (χ0n) is 7.29. The summed E-state index contributed by atoms with van der Waals surface area (Å²) in [7, 11) is 2.00. The maximum atomic E-state index is 10.1. The number of amides is 1. The fraction of sp³-hybridized carbons (Fsp3) is 0.444. The molecule has 1 saturated heterocycles. The van der Waals surface area contributed by atoms with Gasteiger partial charge in [0.2, 0.25) is 5.91 Å². The van der Waals surface area contributed by atoms with Crippen molar-refractivity contribution in [1.29, 1.82) is 0 Å². The third-order valence-electron chi connectivity index (χ3n) is 1.66. The SMILES string of the molecule is Cn1cccc1.O=C1CCCN1. The number of hydrogen-bond acceptors (Lipinski definition) is 1. The van der Waals surface area contributed by atoms with Crippen molar-refractivity contribution in [3.8, 4) is 0 Å². The molecule has 2 heterocycles. The van der Waals surface area contributed by atoms with Gasteiger partial charge in [-0.1, -0.05) is 0 Å². The van der Waals surface area contributed by atoms with E-state index in [1.807, 2.05) is 36.1 Å². The molecular weight excluding hydrogens is 152 g/mol. The smallest absolute Gasteiger partial charge is 0.220 e. The topological polar surface area (TPSA) is 34.0 Å². The predicted molar refractivity (Wildman–Crippen MR) is 47.7 cm³/mol. The fourth-order valence-electron chi connectivity index (χ4n) is 0.986. The largest absolute Gasteiger partial charge is 0.357 e. The molecule has 1 N–H and O–H groups in total. The van der Waals surface area contributed by atoms with E-state index in [1.54, 1.807) is 0 Å². The normalized spacial score (nSPS) is 14.9. The highest BCUT2D eigenvalue weighted by atomic mass is 16.1. The Balaban J connectivity index is 0.000000120. The Bertz CT molecular complexity index is 221. The standard InChI is InChI=1S/C5H7N.C4H7NO/c1-6-4-2-3-5-6;6-4-2-1-3-5-4/h2-5H,1H3;1-3H2,(H,5,6). The summed E-state index contributed by atoms with van der Waals surface area (Å²) in [6.45, 7) is 0.888. The molecule has 0 atom stereocenters. The maximum Gasteiger partial charge on any atom is 0.220 e. The van der Waals surface area contributed by atoms with Crippen molar-refractivity contribution in [2.75, 3.05) is 6.54 Å². The number of carbonyl (C=O) groups excluding carboxylic acids is 1. The first-order chi connectivity index (χ1) is 5.79. The van der Waals surface area contributed by atoms with Crippen molar-refractivity contribution < 1.29 is 4.79 Å². The van der Waals surface area contributed by atoms with Gasteiger partial charge in [0.15, 0.2) is 0 Å². The van der Waals surface area contributed by atoms with Gasteiger partial charge in [-0.15, -0.1) is 0 Å². The molecule has 2 rings (SSSR count). The van der Waals surface area contributed by atoms with Gasteiger partial charge in [0, 0.05) is 32.4 Å². The molecule has 1 aromatic heterocycles. The maximum absolute atomic E-state index is 10.1. The fourth-order valence-corrected chi connectivity index (χ4v) is 0.986. The van der Waals surface area contributed by atoms with Crippen LogP contribution in [0.2, 0.25) is 0 Å². The van der Waals surface area contributed by atoms with E-state index in [2.05, 4.69) is 5.32 Å². The Kier molecular flexibility index (Phi) is 3.38. The van der Waals surface area contributed by atoms with Crippen LogP contribution in [0, 0.1) is 0 Å². The van der Waals surface area contributed by atoms with Crippen LogP contribution in [0.5, 0.6) is 0 Å². The minimum absolute atomic E-state index is 0.204. The lowest BCUT2D eigenvalue weighted by Gasteiger charge is -1.80. The molecular formula is C9H14N2O. The number of nitrogens with zero attached hydrogens (tertiary/aromatic N) is 1. The molecule has 1 aromatic rings. The number of hydrogen-bond donors (Lipinski definition) is 1. The summed E-state index contributed by atoms with van der Waals surface area (Å²) >= 11 is 0. The first-order valence-corrected chi connectivity index (χ1v) is 4.12. The van der Waals surface area contributed by atoms with E-state index in [9.17, 15) is 4.79 Å². The molecule has 0 bridgehead atoms. The van der Waals surface area contributed by atoms with Crippen LogP contribution in [-0.4, -0.2) is 17.0 Å². The molecule has 0 aromatic carbocycles. The first kappa shape index (κ1) is 8.84. The summed E-state index contributed by atoms with van der Waals surface area (Å²) < 4.78 is 2.00. The van der Waals surface area contributed by atoms with Gasteiger partial charge in [-0.05, 0) is 18.6 Å². The summed E-state index contributed by atoms with van der Waals surface area (Å²) in [5.74, 6) is 0.204. The molecule has 0 unspecified atom stereocenters. The number of aromatic nitrogens is 1. The summed E-state index contributed by atoms with van der Waals surface area (Å²) in [5, 5.41) is 2.68. The highest BCUT2D eigenvalue weighted by molar-refractivity contribution is 5.77. The highest BCUT2D eigenvalue weighted by Crippen LogP contribution is 1.93. The molecule has 0 spiro atoms. The van der Waals surface area contributed by atoms with Gasteiger partial charge >= 0.3 is 0 Å². The molecule has 1 fully saturated rings. The minimum Gasteiger partial charge on any atom is -0.357 e. The van der Waals surface area contributed by atoms with E-state index in [0.717, 1.165) is 19.4 Å². The molecule has 0 saturated carbocycles. The number of carbonyl (C=O) groups is 1. The van der Waals surface area contributed by atoms with Crippen molar-refractivity contribution >= 4 is 5.91 Å². The Labute approximate surface area is 72.4 Å². The summed E-state index contributed by atoms with van der Waals surface area (Å²) in [6.07, 6.45) is 5.76. The lowest BCUT2D eigenvalue weighted by Crippen LogP contribution is -2.12. The van der Waals surface area contributed by atoms with Crippen LogP contribution in [0.4, 0.5) is 0 Å². The molecule has 3 heteroatoms. The van der Waals surface area contributed by atoms with Gasteiger partial charge in [-0.2, -0.15) is 0 Å². The van der Waals surface area contributed by atoms with E-state index in [-0.39, 0.29) is 5.91 Å². The van der Waals surface area contributed by atoms with Crippen LogP contribution in [-0.2, 0) is 11.8 Å². The van der Waals surface area contributed by atoms with Crippen LogP contribution < -0.4 is 5.32 Å². The van der Waals surface area contributed by atoms with E-state index in [0.29, 0.717) is 0 Å². The molecule has 12 heavy (non-hydrogen) atoms. The molecule has 0 radical (unpaired) electrons. The average molecular weight is 166 g/mol. The van der Waals surface area contributed by atoms with Crippen LogP contribution in [0.25, 0.3) is 0 Å². The van der Waals surface area contributed by atoms with E-state index in [4.69, 9.17) is 0 Å². The Morgan fingerprint density at radius 1 is 1.42 bits per heavy atom. The molecule has 66 valence electrons. The second kappa shape index (κ2) is 4.59. The van der Waals surface area contributed by atoms with E-state index < -0.39 is 0 Å². The van der Waals surface area contributed by atoms with Gasteiger partial charge in [0.1, 0.15) is 0 Å². The Morgan fingerprint density at radius 3 is 2.25 bits per heavy atom. The lowest BCUT2D eigenvalue weighted by molar-refractivity contribution is -0.119. The van der Waals surface area contributed by atoms with Gasteiger partial charge in [-0.3, -0.25) is 4.79 Å². The van der Waals surface area contributed by atoms with E-state index >= 15 is 0 Å². The summed E-state index contributed by atoms with van der Waals surface area (Å²) in [6, 6.07) is 4.00.